The smallest absolute Gasteiger partial charge is 0.262 e. The molecule has 0 N–H and O–H groups in total. The third-order valence-corrected chi connectivity index (χ3v) is 8.11. The highest BCUT2D eigenvalue weighted by atomic mass is 32.2. The van der Waals surface area contributed by atoms with Crippen LogP contribution in [0.4, 0.5) is 5.69 Å². The van der Waals surface area contributed by atoms with Gasteiger partial charge in [0.05, 0.1) is 16.6 Å². The van der Waals surface area contributed by atoms with Crippen LogP contribution in [0.5, 0.6) is 0 Å². The number of hydrogen-bond donors (Lipinski definition) is 0. The van der Waals surface area contributed by atoms with Crippen molar-refractivity contribution in [3.05, 3.63) is 90.0 Å². The van der Waals surface area contributed by atoms with Gasteiger partial charge >= 0.3 is 0 Å². The van der Waals surface area contributed by atoms with Crippen molar-refractivity contribution in [2.45, 2.75) is 35.6 Å². The zero-order chi connectivity index (χ0) is 19.6. The average Bonchev–Trinajstić information content (AvgIpc) is 2.72. The van der Waals surface area contributed by atoms with Gasteiger partial charge in [-0.15, -0.1) is 11.8 Å². The van der Waals surface area contributed by atoms with E-state index in [2.05, 4.69) is 12.1 Å². The summed E-state index contributed by atoms with van der Waals surface area (Å²) in [5, 5.41) is 0. The number of fused-ring (bicyclic) bond motifs is 1. The van der Waals surface area contributed by atoms with Crippen molar-refractivity contribution in [3.8, 4) is 0 Å². The molecule has 1 heterocycles. The minimum Gasteiger partial charge on any atom is -0.262 e. The molecule has 0 saturated carbocycles. The molecule has 144 valence electrons. The first-order valence-electron chi connectivity index (χ1n) is 9.42. The number of anilines is 1. The fourth-order valence-electron chi connectivity index (χ4n) is 3.58. The van der Waals surface area contributed by atoms with Gasteiger partial charge in [-0.2, -0.15) is 0 Å². The molecule has 4 rings (SSSR count). The van der Waals surface area contributed by atoms with Crippen LogP contribution in [0, 0.1) is 6.92 Å². The summed E-state index contributed by atoms with van der Waals surface area (Å²) in [6, 6.07) is 25.1. The van der Waals surface area contributed by atoms with E-state index in [1.165, 1.54) is 0 Å². The molecule has 0 aromatic heterocycles. The molecule has 3 nitrogen and oxygen atoms in total. The van der Waals surface area contributed by atoms with E-state index in [4.69, 9.17) is 0 Å². The van der Waals surface area contributed by atoms with Crippen LogP contribution in [0.2, 0.25) is 0 Å². The Kier molecular flexibility index (Phi) is 5.47. The van der Waals surface area contributed by atoms with Gasteiger partial charge in [0.15, 0.2) is 0 Å². The lowest BCUT2D eigenvalue weighted by Crippen LogP contribution is -2.45. The van der Waals surface area contributed by atoms with Crippen LogP contribution in [0.15, 0.2) is 88.7 Å². The summed E-state index contributed by atoms with van der Waals surface area (Å²) in [6.45, 7) is 1.96. The van der Waals surface area contributed by atoms with E-state index in [1.807, 2.05) is 61.5 Å². The molecule has 1 unspecified atom stereocenters. The van der Waals surface area contributed by atoms with Gasteiger partial charge in [0.1, 0.15) is 0 Å². The predicted octanol–water partition coefficient (Wildman–Crippen LogP) is 5.30. The fourth-order valence-corrected chi connectivity index (χ4v) is 6.44. The molecule has 0 amide bonds. The quantitative estimate of drug-likeness (QED) is 0.537. The van der Waals surface area contributed by atoms with Gasteiger partial charge in [0.2, 0.25) is 0 Å². The van der Waals surface area contributed by atoms with Crippen molar-refractivity contribution in [2.24, 2.45) is 0 Å². The molecule has 0 fully saturated rings. The molecule has 0 aliphatic carbocycles. The van der Waals surface area contributed by atoms with Crippen LogP contribution in [-0.2, 0) is 16.4 Å². The van der Waals surface area contributed by atoms with Crippen LogP contribution in [0.25, 0.3) is 0 Å². The minimum atomic E-state index is -3.63. The third kappa shape index (κ3) is 3.82. The van der Waals surface area contributed by atoms with Crippen LogP contribution in [0.1, 0.15) is 17.5 Å². The fraction of sp³-hybridized carbons (Fsp3) is 0.217. The zero-order valence-corrected chi connectivity index (χ0v) is 17.4. The van der Waals surface area contributed by atoms with E-state index in [0.717, 1.165) is 40.3 Å². The summed E-state index contributed by atoms with van der Waals surface area (Å²) in [4.78, 5) is 1.51. The van der Waals surface area contributed by atoms with E-state index < -0.39 is 10.0 Å². The van der Waals surface area contributed by atoms with Gasteiger partial charge in [-0.3, -0.25) is 4.31 Å². The minimum absolute atomic E-state index is 0.0774. The second-order valence-corrected chi connectivity index (χ2v) is 9.97. The second-order valence-electron chi connectivity index (χ2n) is 7.06. The number of benzene rings is 3. The van der Waals surface area contributed by atoms with E-state index in [0.29, 0.717) is 4.90 Å². The lowest BCUT2D eigenvalue weighted by molar-refractivity contribution is 0.565. The Morgan fingerprint density at radius 2 is 1.61 bits per heavy atom. The monoisotopic (exact) mass is 409 g/mol. The average molecular weight is 410 g/mol. The number of sulfonamides is 1. The highest BCUT2D eigenvalue weighted by Gasteiger charge is 2.35. The van der Waals surface area contributed by atoms with Crippen molar-refractivity contribution >= 4 is 27.5 Å². The Bertz CT molecular complexity index is 1050. The number of aryl methyl sites for hydroxylation is 2. The van der Waals surface area contributed by atoms with Crippen molar-refractivity contribution < 1.29 is 8.42 Å². The van der Waals surface area contributed by atoms with Crippen molar-refractivity contribution in [1.29, 1.82) is 0 Å². The molecule has 0 bridgehead atoms. The summed E-state index contributed by atoms with van der Waals surface area (Å²) in [5.74, 6) is 0.726. The van der Waals surface area contributed by atoms with E-state index in [-0.39, 0.29) is 6.04 Å². The van der Waals surface area contributed by atoms with Gasteiger partial charge in [-0.05, 0) is 55.7 Å². The molecule has 0 saturated heterocycles. The maximum Gasteiger partial charge on any atom is 0.264 e. The standard InChI is InChI=1S/C23H23NO2S2/c1-18-11-15-22(16-12-18)28(25,26)24-20(17-27-21-8-3-2-4-9-21)14-13-19-7-5-6-10-23(19)24/h2-12,15-16,20H,13-14,17H2,1H3. The highest BCUT2D eigenvalue weighted by molar-refractivity contribution is 7.99. The lowest BCUT2D eigenvalue weighted by Gasteiger charge is -2.37. The topological polar surface area (TPSA) is 37.4 Å². The summed E-state index contributed by atoms with van der Waals surface area (Å²) < 4.78 is 28.9. The molecular weight excluding hydrogens is 386 g/mol. The number of rotatable bonds is 5. The van der Waals surface area contributed by atoms with Crippen LogP contribution in [-0.4, -0.2) is 20.2 Å². The van der Waals surface area contributed by atoms with Gasteiger partial charge in [0, 0.05) is 10.6 Å². The first-order chi connectivity index (χ1) is 13.6. The van der Waals surface area contributed by atoms with Gasteiger partial charge < -0.3 is 0 Å². The Morgan fingerprint density at radius 3 is 2.36 bits per heavy atom. The maximum atomic E-state index is 13.6. The van der Waals surface area contributed by atoms with Crippen molar-refractivity contribution in [1.82, 2.24) is 0 Å². The number of nitrogens with zero attached hydrogens (tertiary/aromatic N) is 1. The molecule has 0 radical (unpaired) electrons. The molecule has 28 heavy (non-hydrogen) atoms. The highest BCUT2D eigenvalue weighted by Crippen LogP contribution is 2.37. The van der Waals surface area contributed by atoms with Crippen molar-refractivity contribution in [2.75, 3.05) is 10.1 Å². The SMILES string of the molecule is Cc1ccc(S(=O)(=O)N2c3ccccc3CCC2CSc2ccccc2)cc1. The number of hydrogen-bond acceptors (Lipinski definition) is 3. The van der Waals surface area contributed by atoms with Crippen LogP contribution < -0.4 is 4.31 Å². The Balaban J connectivity index is 1.71. The Hall–Kier alpha value is -2.24. The summed E-state index contributed by atoms with van der Waals surface area (Å²) in [7, 11) is -3.63. The molecule has 1 aliphatic heterocycles. The molecule has 0 spiro atoms. The van der Waals surface area contributed by atoms with Crippen LogP contribution >= 0.6 is 11.8 Å². The molecular formula is C23H23NO2S2. The molecule has 5 heteroatoms. The third-order valence-electron chi connectivity index (χ3n) is 5.07. The Morgan fingerprint density at radius 1 is 0.929 bits per heavy atom. The second kappa shape index (κ2) is 8.02. The first kappa shape index (κ1) is 19.1. The van der Waals surface area contributed by atoms with Gasteiger partial charge in [-0.25, -0.2) is 8.42 Å². The van der Waals surface area contributed by atoms with Gasteiger partial charge in [0.25, 0.3) is 10.0 Å². The normalized spacial score (nSPS) is 16.6. The number of thioether (sulfide) groups is 1. The Labute approximate surface area is 171 Å². The largest absolute Gasteiger partial charge is 0.264 e. The molecule has 3 aromatic rings. The first-order valence-corrected chi connectivity index (χ1v) is 11.8. The molecule has 1 atom stereocenters. The van der Waals surface area contributed by atoms with E-state index in [1.54, 1.807) is 28.2 Å². The predicted molar refractivity (Wildman–Crippen MR) is 117 cm³/mol. The van der Waals surface area contributed by atoms with Gasteiger partial charge in [-0.1, -0.05) is 54.1 Å². The molecule has 3 aromatic carbocycles. The van der Waals surface area contributed by atoms with Crippen molar-refractivity contribution in [3.63, 3.8) is 0 Å². The maximum absolute atomic E-state index is 13.6. The number of para-hydroxylation sites is 1. The zero-order valence-electron chi connectivity index (χ0n) is 15.8. The summed E-state index contributed by atoms with van der Waals surface area (Å²) in [6.07, 6.45) is 1.72. The lowest BCUT2D eigenvalue weighted by atomic mass is 9.99. The van der Waals surface area contributed by atoms with E-state index in [9.17, 15) is 8.42 Å². The summed E-state index contributed by atoms with van der Waals surface area (Å²) in [5.41, 5.74) is 2.96. The summed E-state index contributed by atoms with van der Waals surface area (Å²) >= 11 is 1.71. The molecule has 1 aliphatic rings. The van der Waals surface area contributed by atoms with Crippen LogP contribution in [0.3, 0.4) is 0 Å². The van der Waals surface area contributed by atoms with E-state index >= 15 is 0 Å².